The van der Waals surface area contributed by atoms with E-state index in [4.69, 9.17) is 53.0 Å². The molecule has 0 unspecified atom stereocenters. The van der Waals surface area contributed by atoms with E-state index in [9.17, 15) is 4.39 Å². The first-order valence-corrected chi connectivity index (χ1v) is 20.9. The van der Waals surface area contributed by atoms with Gasteiger partial charge in [-0.3, -0.25) is 4.99 Å². The molecule has 0 amide bonds. The zero-order valence-corrected chi connectivity index (χ0v) is 33.1. The molecule has 10 aliphatic rings. The van der Waals surface area contributed by atoms with Gasteiger partial charge in [-0.05, 0) is 94.2 Å². The number of nitrogens with zero attached hydrogens (tertiary/aromatic N) is 1. The molecular formula is C41H60FN3O10. The standard InChI is InChI=1S/C41H60FN3O10/c1-23-10-12-31-25(3)33(48-35-40(31)29(23)14-16-38(5,50-35)52-54-40)46-20-18-43-37(45-28-9-7-8-27(42)22-28)44-19-21-47-34-26(4)32-13-11-24(2)30-15-17-39(6)51-36(49-34)41(30,32)55-53-39/h7-9,22-26,29-36H,10-21H2,1-6H3,(H2,43,44,45)/t23-,24-,25-,26-,29+,30+,31+,32+,33+,34+,35-,36-,38-,39-,40-,41-/m1/s1. The summed E-state index contributed by atoms with van der Waals surface area (Å²) in [5.41, 5.74) is -0.697. The van der Waals surface area contributed by atoms with Crippen LogP contribution in [0.1, 0.15) is 92.9 Å². The largest absolute Gasteiger partial charge is 0.354 e. The summed E-state index contributed by atoms with van der Waals surface area (Å²) < 4.78 is 53.1. The number of guanidine groups is 1. The molecule has 2 spiro atoms. The van der Waals surface area contributed by atoms with Gasteiger partial charge < -0.3 is 39.1 Å². The van der Waals surface area contributed by atoms with Crippen LogP contribution in [-0.2, 0) is 48.0 Å². The minimum atomic E-state index is -0.842. The second kappa shape index (κ2) is 14.7. The molecule has 10 fully saturated rings. The highest BCUT2D eigenvalue weighted by Gasteiger charge is 2.71. The number of rotatable bonds is 9. The molecule has 2 N–H and O–H groups in total. The van der Waals surface area contributed by atoms with Gasteiger partial charge in [0, 0.05) is 48.7 Å². The van der Waals surface area contributed by atoms with Gasteiger partial charge >= 0.3 is 0 Å². The smallest absolute Gasteiger partial charge is 0.201 e. The predicted molar refractivity (Wildman–Crippen MR) is 196 cm³/mol. The summed E-state index contributed by atoms with van der Waals surface area (Å²) in [4.78, 5) is 29.3. The van der Waals surface area contributed by atoms with Gasteiger partial charge in [0.15, 0.2) is 42.3 Å². The lowest BCUT2D eigenvalue weighted by Gasteiger charge is -2.60. The SMILES string of the molecule is C[C@H]1[C@@H](OCCN=C(NCCO[C@H]2O[C@@H]3O[C@@]4(C)CC[C@H]5[C@H](C)CC[C@@H]([C@H]2C)[C@@]35OO4)Nc2cccc(F)c2)O[C@@H]2O[C@@]3(C)CC[C@H]4[C@H](C)CC[C@@H]1[C@@]24OO3. The first-order chi connectivity index (χ1) is 26.4. The lowest BCUT2D eigenvalue weighted by atomic mass is 9.58. The summed E-state index contributed by atoms with van der Waals surface area (Å²) in [6.07, 6.45) is 5.64. The van der Waals surface area contributed by atoms with Gasteiger partial charge in [0.25, 0.3) is 0 Å². The minimum absolute atomic E-state index is 0.0627. The summed E-state index contributed by atoms with van der Waals surface area (Å²) in [6, 6.07) is 6.30. The second-order valence-corrected chi connectivity index (χ2v) is 18.1. The summed E-state index contributed by atoms with van der Waals surface area (Å²) >= 11 is 0. The van der Waals surface area contributed by atoms with E-state index in [-0.39, 0.29) is 29.5 Å². The van der Waals surface area contributed by atoms with E-state index in [1.54, 1.807) is 12.1 Å². The van der Waals surface area contributed by atoms with Crippen molar-refractivity contribution in [2.45, 2.75) is 141 Å². The highest BCUT2D eigenvalue weighted by molar-refractivity contribution is 5.93. The van der Waals surface area contributed by atoms with Crippen molar-refractivity contribution in [1.82, 2.24) is 5.32 Å². The maximum Gasteiger partial charge on any atom is 0.201 e. The van der Waals surface area contributed by atoms with E-state index in [1.807, 2.05) is 13.8 Å². The molecule has 11 rings (SSSR count). The number of hydrogen-bond donors (Lipinski definition) is 2. The molecule has 13 nitrogen and oxygen atoms in total. The Kier molecular flexibility index (Phi) is 10.3. The third kappa shape index (κ3) is 6.64. The van der Waals surface area contributed by atoms with Gasteiger partial charge in [-0.2, -0.15) is 0 Å². The van der Waals surface area contributed by atoms with E-state index in [0.29, 0.717) is 61.6 Å². The molecular weight excluding hydrogens is 713 g/mol. The third-order valence-corrected chi connectivity index (χ3v) is 14.6. The normalized spacial score (nSPS) is 48.7. The monoisotopic (exact) mass is 773 g/mol. The maximum absolute atomic E-state index is 14.2. The molecule has 8 aliphatic heterocycles. The van der Waals surface area contributed by atoms with Crippen molar-refractivity contribution in [2.24, 2.45) is 52.3 Å². The molecule has 0 aromatic heterocycles. The molecule has 8 saturated heterocycles. The quantitative estimate of drug-likeness (QED) is 0.121. The highest BCUT2D eigenvalue weighted by atomic mass is 19.1. The number of anilines is 1. The van der Waals surface area contributed by atoms with Crippen molar-refractivity contribution in [1.29, 1.82) is 0 Å². The zero-order valence-electron chi connectivity index (χ0n) is 33.1. The van der Waals surface area contributed by atoms with Crippen LogP contribution in [-0.4, -0.2) is 80.2 Å². The fourth-order valence-corrected chi connectivity index (χ4v) is 11.6. The maximum atomic E-state index is 14.2. The Hall–Kier alpha value is -1.98. The lowest BCUT2D eigenvalue weighted by Crippen LogP contribution is -2.70. The van der Waals surface area contributed by atoms with E-state index in [1.165, 1.54) is 12.1 Å². The topological polar surface area (TPSA) is 129 Å². The summed E-state index contributed by atoms with van der Waals surface area (Å²) in [5.74, 6) is 0.506. The highest BCUT2D eigenvalue weighted by Crippen LogP contribution is 2.62. The fourth-order valence-electron chi connectivity index (χ4n) is 11.6. The van der Waals surface area contributed by atoms with Crippen LogP contribution in [0.15, 0.2) is 29.3 Å². The van der Waals surface area contributed by atoms with Gasteiger partial charge in [-0.1, -0.05) is 33.8 Å². The Bertz CT molecular complexity index is 1590. The molecule has 1 aromatic carbocycles. The summed E-state index contributed by atoms with van der Waals surface area (Å²) in [6.45, 7) is 14.2. The van der Waals surface area contributed by atoms with E-state index < -0.39 is 47.9 Å². The van der Waals surface area contributed by atoms with Gasteiger partial charge in [0.1, 0.15) is 5.82 Å². The molecule has 16 atom stereocenters. The number of fused-ring (bicyclic) bond motifs is 4. The Labute approximate surface area is 323 Å². The van der Waals surface area contributed by atoms with Crippen molar-refractivity contribution >= 4 is 11.6 Å². The molecule has 2 saturated carbocycles. The molecule has 8 heterocycles. The van der Waals surface area contributed by atoms with E-state index in [2.05, 4.69) is 38.3 Å². The number of hydrogen-bond acceptors (Lipinski definition) is 11. The predicted octanol–water partition coefficient (Wildman–Crippen LogP) is 6.63. The molecule has 1 aromatic rings. The van der Waals surface area contributed by atoms with E-state index in [0.717, 1.165) is 51.4 Å². The molecule has 55 heavy (non-hydrogen) atoms. The van der Waals surface area contributed by atoms with Gasteiger partial charge in [0.05, 0.1) is 19.8 Å². The van der Waals surface area contributed by atoms with Crippen molar-refractivity contribution < 1.29 is 52.4 Å². The van der Waals surface area contributed by atoms with Gasteiger partial charge in [0.2, 0.25) is 11.6 Å². The number of nitrogens with one attached hydrogen (secondary N) is 2. The van der Waals surface area contributed by atoms with Gasteiger partial charge in [-0.25, -0.2) is 23.9 Å². The number of aliphatic imine (C=N–C) groups is 1. The van der Waals surface area contributed by atoms with Crippen LogP contribution in [0.5, 0.6) is 0 Å². The average Bonchev–Trinajstić information content (AvgIpc) is 3.53. The lowest BCUT2D eigenvalue weighted by molar-refractivity contribution is -0.577. The number of ether oxygens (including phenoxy) is 6. The van der Waals surface area contributed by atoms with Crippen molar-refractivity contribution in [3.63, 3.8) is 0 Å². The molecule has 0 radical (unpaired) electrons. The van der Waals surface area contributed by atoms with Crippen molar-refractivity contribution in [3.05, 3.63) is 30.1 Å². The fraction of sp³-hybridized carbons (Fsp3) is 0.829. The van der Waals surface area contributed by atoms with E-state index >= 15 is 0 Å². The summed E-state index contributed by atoms with van der Waals surface area (Å²) in [7, 11) is 0. The number of benzene rings is 1. The Balaban J connectivity index is 0.831. The first kappa shape index (κ1) is 38.5. The van der Waals surface area contributed by atoms with Crippen LogP contribution in [0.4, 0.5) is 10.1 Å². The first-order valence-electron chi connectivity index (χ1n) is 20.9. The van der Waals surface area contributed by atoms with Crippen molar-refractivity contribution in [3.8, 4) is 0 Å². The van der Waals surface area contributed by atoms with Crippen molar-refractivity contribution in [2.75, 3.05) is 31.6 Å². The van der Waals surface area contributed by atoms with Crippen LogP contribution >= 0.6 is 0 Å². The molecule has 306 valence electrons. The number of halogens is 1. The zero-order chi connectivity index (χ0) is 38.2. The van der Waals surface area contributed by atoms with Crippen LogP contribution in [0.2, 0.25) is 0 Å². The minimum Gasteiger partial charge on any atom is -0.354 e. The van der Waals surface area contributed by atoms with Crippen LogP contribution in [0.25, 0.3) is 0 Å². The molecule has 2 aliphatic carbocycles. The Morgan fingerprint density at radius 1 is 0.745 bits per heavy atom. The molecule has 14 heteroatoms. The van der Waals surface area contributed by atoms with Crippen LogP contribution < -0.4 is 10.6 Å². The van der Waals surface area contributed by atoms with Gasteiger partial charge in [-0.15, -0.1) is 0 Å². The Morgan fingerprint density at radius 3 is 1.87 bits per heavy atom. The third-order valence-electron chi connectivity index (χ3n) is 14.6. The summed E-state index contributed by atoms with van der Waals surface area (Å²) in [5, 5.41) is 6.59. The second-order valence-electron chi connectivity index (χ2n) is 18.1. The average molecular weight is 774 g/mol. The van der Waals surface area contributed by atoms with Crippen LogP contribution in [0.3, 0.4) is 0 Å². The van der Waals surface area contributed by atoms with Crippen LogP contribution in [0, 0.1) is 53.2 Å². The molecule has 4 bridgehead atoms. The Morgan fingerprint density at radius 2 is 1.31 bits per heavy atom.